The van der Waals surface area contributed by atoms with Gasteiger partial charge in [0, 0.05) is 28.3 Å². The fourth-order valence-corrected chi connectivity index (χ4v) is 3.89. The molecule has 144 valence electrons. The summed E-state index contributed by atoms with van der Waals surface area (Å²) in [4.78, 5) is 24.7. The number of anilines is 1. The second-order valence-corrected chi connectivity index (χ2v) is 7.66. The number of aryl methyl sites for hydroxylation is 4. The van der Waals surface area contributed by atoms with E-state index in [-0.39, 0.29) is 18.7 Å². The molecule has 0 saturated carbocycles. The molecule has 0 atom stereocenters. The van der Waals surface area contributed by atoms with Crippen molar-refractivity contribution in [3.8, 4) is 0 Å². The summed E-state index contributed by atoms with van der Waals surface area (Å²) < 4.78 is 11.5. The zero-order valence-electron chi connectivity index (χ0n) is 16.0. The molecule has 4 rings (SSSR count). The lowest BCUT2D eigenvalue weighted by atomic mass is 9.98. The second kappa shape index (κ2) is 6.87. The third-order valence-corrected chi connectivity index (χ3v) is 5.76. The normalized spacial score (nSPS) is 11.4. The first kappa shape index (κ1) is 18.4. The molecule has 0 radical (unpaired) electrons. The maximum absolute atomic E-state index is 12.6. The summed E-state index contributed by atoms with van der Waals surface area (Å²) in [6.07, 6.45) is 0.441. The molecule has 0 spiro atoms. The van der Waals surface area contributed by atoms with E-state index in [1.165, 1.54) is 11.3 Å². The molecular formula is C20H19N3O4S. The number of nitrogens with zero attached hydrogens (tertiary/aromatic N) is 2. The van der Waals surface area contributed by atoms with Crippen LogP contribution in [0.25, 0.3) is 21.9 Å². The molecule has 0 aliphatic carbocycles. The molecule has 0 saturated heterocycles. The largest absolute Gasteiger partial charge is 0.461 e. The van der Waals surface area contributed by atoms with Crippen LogP contribution in [0.15, 0.2) is 25.2 Å². The molecule has 0 bridgehead atoms. The Morgan fingerprint density at radius 1 is 1.07 bits per heavy atom. The average Bonchev–Trinajstić information content (AvgIpc) is 3.25. The minimum Gasteiger partial charge on any atom is -0.461 e. The first-order valence-corrected chi connectivity index (χ1v) is 9.76. The van der Waals surface area contributed by atoms with Crippen LogP contribution in [0.1, 0.15) is 34.4 Å². The number of fused-ring (bicyclic) bond motifs is 2. The Labute approximate surface area is 164 Å². The highest BCUT2D eigenvalue weighted by Gasteiger charge is 2.19. The summed E-state index contributed by atoms with van der Waals surface area (Å²) in [5, 5.41) is 12.5. The maximum atomic E-state index is 12.6. The molecule has 1 N–H and O–H groups in total. The summed E-state index contributed by atoms with van der Waals surface area (Å²) in [6, 6.07) is 2.01. The third kappa shape index (κ3) is 2.99. The number of carbonyl (C=O) groups excluding carboxylic acids is 1. The van der Waals surface area contributed by atoms with Crippen molar-refractivity contribution >= 4 is 44.3 Å². The molecule has 0 fully saturated rings. The lowest BCUT2D eigenvalue weighted by Crippen LogP contribution is -2.16. The van der Waals surface area contributed by atoms with Gasteiger partial charge < -0.3 is 14.2 Å². The standard InChI is InChI=1S/C20H19N3O4S/c1-9-12(4)26-17-11(3)18-15(7-14(9)17)10(2)13(19(25)27-18)5-6-16(24)22-20-23-21-8-28-20/h7-8H,5-6H2,1-4H3,(H,22,23,24). The number of hydrogen-bond donors (Lipinski definition) is 1. The van der Waals surface area contributed by atoms with Crippen LogP contribution in [0.3, 0.4) is 0 Å². The topological polar surface area (TPSA) is 98.2 Å². The van der Waals surface area contributed by atoms with Crippen molar-refractivity contribution in [2.24, 2.45) is 0 Å². The van der Waals surface area contributed by atoms with E-state index in [1.54, 1.807) is 5.51 Å². The van der Waals surface area contributed by atoms with Crippen LogP contribution in [0.5, 0.6) is 0 Å². The monoisotopic (exact) mass is 397 g/mol. The van der Waals surface area contributed by atoms with E-state index < -0.39 is 5.63 Å². The van der Waals surface area contributed by atoms with Crippen molar-refractivity contribution in [3.63, 3.8) is 0 Å². The highest BCUT2D eigenvalue weighted by molar-refractivity contribution is 7.13. The van der Waals surface area contributed by atoms with Gasteiger partial charge in [-0.3, -0.25) is 4.79 Å². The summed E-state index contributed by atoms with van der Waals surface area (Å²) in [6.45, 7) is 7.72. The summed E-state index contributed by atoms with van der Waals surface area (Å²) in [7, 11) is 0. The van der Waals surface area contributed by atoms with Gasteiger partial charge in [0.2, 0.25) is 11.0 Å². The third-order valence-electron chi connectivity index (χ3n) is 5.15. The molecule has 4 aromatic rings. The van der Waals surface area contributed by atoms with Gasteiger partial charge in [0.1, 0.15) is 22.4 Å². The van der Waals surface area contributed by atoms with Gasteiger partial charge >= 0.3 is 5.63 Å². The van der Waals surface area contributed by atoms with E-state index in [9.17, 15) is 9.59 Å². The van der Waals surface area contributed by atoms with Crippen molar-refractivity contribution in [2.75, 3.05) is 5.32 Å². The highest BCUT2D eigenvalue weighted by Crippen LogP contribution is 2.34. The molecular weight excluding hydrogens is 378 g/mol. The molecule has 0 aliphatic rings. The van der Waals surface area contributed by atoms with Gasteiger partial charge in [-0.25, -0.2) is 4.79 Å². The van der Waals surface area contributed by atoms with Crippen molar-refractivity contribution in [1.82, 2.24) is 10.2 Å². The van der Waals surface area contributed by atoms with E-state index in [0.29, 0.717) is 16.3 Å². The Morgan fingerprint density at radius 2 is 1.79 bits per heavy atom. The molecule has 1 aromatic carbocycles. The predicted octanol–water partition coefficient (Wildman–Crippen LogP) is 4.20. The minimum absolute atomic E-state index is 0.155. The Morgan fingerprint density at radius 3 is 2.50 bits per heavy atom. The maximum Gasteiger partial charge on any atom is 0.339 e. The second-order valence-electron chi connectivity index (χ2n) is 6.82. The summed E-state index contributed by atoms with van der Waals surface area (Å²) in [5.74, 6) is 0.630. The van der Waals surface area contributed by atoms with Gasteiger partial charge in [-0.05, 0) is 51.3 Å². The number of furan rings is 1. The van der Waals surface area contributed by atoms with Crippen LogP contribution in [-0.4, -0.2) is 16.1 Å². The quantitative estimate of drug-likeness (QED) is 0.518. The minimum atomic E-state index is -0.420. The summed E-state index contributed by atoms with van der Waals surface area (Å²) >= 11 is 1.24. The molecule has 1 amide bonds. The molecule has 7 nitrogen and oxygen atoms in total. The van der Waals surface area contributed by atoms with E-state index in [2.05, 4.69) is 15.5 Å². The Hall–Kier alpha value is -3.00. The van der Waals surface area contributed by atoms with Gasteiger partial charge in [-0.1, -0.05) is 11.3 Å². The first-order valence-electron chi connectivity index (χ1n) is 8.88. The number of benzene rings is 1. The smallest absolute Gasteiger partial charge is 0.339 e. The van der Waals surface area contributed by atoms with Crippen molar-refractivity contribution in [2.45, 2.75) is 40.5 Å². The van der Waals surface area contributed by atoms with Gasteiger partial charge in [0.15, 0.2) is 0 Å². The zero-order valence-corrected chi connectivity index (χ0v) is 16.8. The molecule has 0 unspecified atom stereocenters. The van der Waals surface area contributed by atoms with Crippen LogP contribution in [0.4, 0.5) is 5.13 Å². The van der Waals surface area contributed by atoms with Gasteiger partial charge in [-0.2, -0.15) is 0 Å². The van der Waals surface area contributed by atoms with Crippen molar-refractivity contribution in [3.05, 3.63) is 50.0 Å². The van der Waals surface area contributed by atoms with Crippen LogP contribution in [0, 0.1) is 27.7 Å². The van der Waals surface area contributed by atoms with E-state index in [1.807, 2.05) is 33.8 Å². The summed E-state index contributed by atoms with van der Waals surface area (Å²) in [5.41, 5.74) is 5.62. The fraction of sp³-hybridized carbons (Fsp3) is 0.300. The lowest BCUT2D eigenvalue weighted by Gasteiger charge is -2.10. The molecule has 8 heteroatoms. The van der Waals surface area contributed by atoms with Crippen LogP contribution < -0.4 is 10.9 Å². The Bertz CT molecular complexity index is 1270. The van der Waals surface area contributed by atoms with Crippen LogP contribution >= 0.6 is 11.3 Å². The van der Waals surface area contributed by atoms with Crippen LogP contribution in [-0.2, 0) is 11.2 Å². The van der Waals surface area contributed by atoms with E-state index in [4.69, 9.17) is 8.83 Å². The number of amides is 1. The number of rotatable bonds is 4. The number of nitrogens with one attached hydrogen (secondary N) is 1. The van der Waals surface area contributed by atoms with Gasteiger partial charge in [0.05, 0.1) is 0 Å². The SMILES string of the molecule is Cc1oc2c(C)c3oc(=O)c(CCC(=O)Nc4nncs4)c(C)c3cc2c1C. The molecule has 3 heterocycles. The highest BCUT2D eigenvalue weighted by atomic mass is 32.1. The van der Waals surface area contributed by atoms with Gasteiger partial charge in [-0.15, -0.1) is 10.2 Å². The number of hydrogen-bond acceptors (Lipinski definition) is 7. The predicted molar refractivity (Wildman–Crippen MR) is 108 cm³/mol. The van der Waals surface area contributed by atoms with Crippen molar-refractivity contribution in [1.29, 1.82) is 0 Å². The van der Waals surface area contributed by atoms with Crippen molar-refractivity contribution < 1.29 is 13.6 Å². The average molecular weight is 397 g/mol. The Kier molecular flexibility index (Phi) is 4.50. The first-order chi connectivity index (χ1) is 13.4. The number of carbonyl (C=O) groups is 1. The molecule has 28 heavy (non-hydrogen) atoms. The zero-order chi connectivity index (χ0) is 20.0. The molecule has 0 aliphatic heterocycles. The Balaban J connectivity index is 1.73. The van der Waals surface area contributed by atoms with E-state index >= 15 is 0 Å². The van der Waals surface area contributed by atoms with Crippen LogP contribution in [0.2, 0.25) is 0 Å². The van der Waals surface area contributed by atoms with Gasteiger partial charge in [0.25, 0.3) is 0 Å². The fourth-order valence-electron chi connectivity index (χ4n) is 3.43. The van der Waals surface area contributed by atoms with E-state index in [0.717, 1.165) is 38.8 Å². The number of aromatic nitrogens is 2. The lowest BCUT2D eigenvalue weighted by molar-refractivity contribution is -0.116. The molecule has 3 aromatic heterocycles.